The average molecular weight is 222 g/mol. The smallest absolute Gasteiger partial charge is 0.122 e. The summed E-state index contributed by atoms with van der Waals surface area (Å²) >= 11 is 11.9. The summed E-state index contributed by atoms with van der Waals surface area (Å²) in [4.78, 5) is 0. The van der Waals surface area contributed by atoms with Crippen LogP contribution in [0.5, 0.6) is 0 Å². The van der Waals surface area contributed by atoms with Crippen molar-refractivity contribution in [2.75, 3.05) is 6.54 Å². The maximum atomic E-state index is 5.95. The molecule has 13 heavy (non-hydrogen) atoms. The third kappa shape index (κ3) is 2.31. The van der Waals surface area contributed by atoms with E-state index >= 15 is 0 Å². The Kier molecular flexibility index (Phi) is 2.79. The molecule has 3 unspecified atom stereocenters. The molecule has 3 heteroatoms. The fourth-order valence-electron chi connectivity index (χ4n) is 2.23. The molecule has 0 radical (unpaired) electrons. The number of hydrogen-bond donors (Lipinski definition) is 1. The molecule has 0 amide bonds. The van der Waals surface area contributed by atoms with Crippen LogP contribution in [0.1, 0.15) is 32.6 Å². The van der Waals surface area contributed by atoms with Crippen LogP contribution in [0.2, 0.25) is 0 Å². The number of hydrogen-bond acceptors (Lipinski definition) is 1. The topological polar surface area (TPSA) is 12.0 Å². The molecular formula is C10H17Cl2N. The van der Waals surface area contributed by atoms with Gasteiger partial charge in [-0.05, 0) is 25.2 Å². The van der Waals surface area contributed by atoms with Gasteiger partial charge in [0.2, 0.25) is 0 Å². The molecule has 2 fully saturated rings. The molecule has 0 spiro atoms. The number of nitrogens with one attached hydrogen (secondary N) is 1. The molecule has 0 aromatic rings. The van der Waals surface area contributed by atoms with E-state index in [0.717, 1.165) is 18.9 Å². The predicted octanol–water partition coefficient (Wildman–Crippen LogP) is 2.96. The first-order valence-electron chi connectivity index (χ1n) is 5.21. The van der Waals surface area contributed by atoms with E-state index in [2.05, 4.69) is 12.2 Å². The van der Waals surface area contributed by atoms with Crippen LogP contribution in [0, 0.1) is 11.8 Å². The van der Waals surface area contributed by atoms with Crippen molar-refractivity contribution >= 4 is 23.2 Å². The third-order valence-corrected chi connectivity index (χ3v) is 4.37. The van der Waals surface area contributed by atoms with Gasteiger partial charge in [0.15, 0.2) is 0 Å². The Morgan fingerprint density at radius 3 is 2.54 bits per heavy atom. The summed E-state index contributed by atoms with van der Waals surface area (Å²) in [5.74, 6) is 1.32. The first kappa shape index (κ1) is 10.1. The van der Waals surface area contributed by atoms with E-state index in [1.165, 1.54) is 19.3 Å². The Bertz CT molecular complexity index is 193. The average Bonchev–Trinajstić information content (AvgIpc) is 2.47. The molecule has 2 aliphatic carbocycles. The molecule has 0 aromatic heterocycles. The van der Waals surface area contributed by atoms with Gasteiger partial charge in [0.25, 0.3) is 0 Å². The van der Waals surface area contributed by atoms with Crippen LogP contribution in [-0.4, -0.2) is 16.9 Å². The Balaban J connectivity index is 1.68. The molecule has 0 bridgehead atoms. The summed E-state index contributed by atoms with van der Waals surface area (Å²) in [7, 11) is 0. The Hall–Kier alpha value is 0.540. The van der Waals surface area contributed by atoms with Gasteiger partial charge in [-0.25, -0.2) is 0 Å². The second-order valence-corrected chi connectivity index (χ2v) is 6.13. The zero-order valence-electron chi connectivity index (χ0n) is 8.02. The quantitative estimate of drug-likeness (QED) is 0.724. The van der Waals surface area contributed by atoms with Crippen LogP contribution >= 0.6 is 23.2 Å². The van der Waals surface area contributed by atoms with Crippen molar-refractivity contribution in [3.63, 3.8) is 0 Å². The van der Waals surface area contributed by atoms with Gasteiger partial charge in [-0.2, -0.15) is 0 Å². The normalized spacial score (nSPS) is 42.2. The lowest BCUT2D eigenvalue weighted by Crippen LogP contribution is -2.33. The van der Waals surface area contributed by atoms with Crippen molar-refractivity contribution in [2.45, 2.75) is 43.0 Å². The maximum Gasteiger partial charge on any atom is 0.122 e. The van der Waals surface area contributed by atoms with E-state index in [4.69, 9.17) is 23.2 Å². The molecule has 0 saturated heterocycles. The van der Waals surface area contributed by atoms with Crippen LogP contribution in [0.3, 0.4) is 0 Å². The molecule has 0 aromatic carbocycles. The fraction of sp³-hybridized carbons (Fsp3) is 1.00. The molecule has 3 atom stereocenters. The fourth-order valence-corrected chi connectivity index (χ4v) is 2.76. The van der Waals surface area contributed by atoms with Crippen LogP contribution < -0.4 is 5.32 Å². The Morgan fingerprint density at radius 1 is 1.38 bits per heavy atom. The number of rotatable bonds is 3. The largest absolute Gasteiger partial charge is 0.313 e. The highest BCUT2D eigenvalue weighted by molar-refractivity contribution is 6.50. The van der Waals surface area contributed by atoms with Gasteiger partial charge in [0.1, 0.15) is 4.33 Å². The van der Waals surface area contributed by atoms with Crippen molar-refractivity contribution in [3.8, 4) is 0 Å². The van der Waals surface area contributed by atoms with Gasteiger partial charge in [-0.3, -0.25) is 0 Å². The molecule has 2 rings (SSSR count). The molecule has 0 heterocycles. The SMILES string of the molecule is CC1CCCC1NCC1CC1(Cl)Cl. The van der Waals surface area contributed by atoms with E-state index in [0.29, 0.717) is 12.0 Å². The van der Waals surface area contributed by atoms with E-state index in [1.807, 2.05) is 0 Å². The minimum Gasteiger partial charge on any atom is -0.313 e. The van der Waals surface area contributed by atoms with Crippen molar-refractivity contribution in [3.05, 3.63) is 0 Å². The first-order valence-corrected chi connectivity index (χ1v) is 5.96. The van der Waals surface area contributed by atoms with E-state index < -0.39 is 4.33 Å². The van der Waals surface area contributed by atoms with Gasteiger partial charge < -0.3 is 5.32 Å². The van der Waals surface area contributed by atoms with Crippen molar-refractivity contribution < 1.29 is 0 Å². The summed E-state index contributed by atoms with van der Waals surface area (Å²) in [6, 6.07) is 0.713. The highest BCUT2D eigenvalue weighted by Crippen LogP contribution is 2.52. The predicted molar refractivity (Wildman–Crippen MR) is 57.3 cm³/mol. The molecule has 76 valence electrons. The van der Waals surface area contributed by atoms with Crippen molar-refractivity contribution in [2.24, 2.45) is 11.8 Å². The summed E-state index contributed by atoms with van der Waals surface area (Å²) in [6.07, 6.45) is 5.03. The third-order valence-electron chi connectivity index (χ3n) is 3.44. The Morgan fingerprint density at radius 2 is 2.08 bits per heavy atom. The summed E-state index contributed by atoms with van der Waals surface area (Å²) in [6.45, 7) is 3.33. The van der Waals surface area contributed by atoms with Crippen LogP contribution in [0.15, 0.2) is 0 Å². The van der Waals surface area contributed by atoms with Crippen LogP contribution in [0.4, 0.5) is 0 Å². The lowest BCUT2D eigenvalue weighted by atomic mass is 10.1. The van der Waals surface area contributed by atoms with E-state index in [9.17, 15) is 0 Å². The lowest BCUT2D eigenvalue weighted by Gasteiger charge is -2.17. The van der Waals surface area contributed by atoms with Crippen LogP contribution in [0.25, 0.3) is 0 Å². The monoisotopic (exact) mass is 221 g/mol. The number of halogens is 2. The van der Waals surface area contributed by atoms with Gasteiger partial charge in [0, 0.05) is 18.5 Å². The summed E-state index contributed by atoms with van der Waals surface area (Å²) in [5.41, 5.74) is 0. The lowest BCUT2D eigenvalue weighted by molar-refractivity contribution is 0.419. The van der Waals surface area contributed by atoms with Gasteiger partial charge >= 0.3 is 0 Å². The highest BCUT2D eigenvalue weighted by atomic mass is 35.5. The number of alkyl halides is 2. The van der Waals surface area contributed by atoms with Crippen LogP contribution in [-0.2, 0) is 0 Å². The standard InChI is InChI=1S/C10H17Cl2N/c1-7-3-2-4-9(7)13-6-8-5-10(8,11)12/h7-9,13H,2-6H2,1H3. The van der Waals surface area contributed by atoms with Gasteiger partial charge in [-0.15, -0.1) is 23.2 Å². The molecule has 2 saturated carbocycles. The molecule has 1 nitrogen and oxygen atoms in total. The summed E-state index contributed by atoms with van der Waals surface area (Å²) in [5, 5.41) is 3.58. The minimum atomic E-state index is -0.408. The maximum absolute atomic E-state index is 5.95. The molecule has 1 N–H and O–H groups in total. The van der Waals surface area contributed by atoms with Crippen molar-refractivity contribution in [1.29, 1.82) is 0 Å². The zero-order chi connectivity index (χ0) is 9.47. The van der Waals surface area contributed by atoms with E-state index in [-0.39, 0.29) is 0 Å². The van der Waals surface area contributed by atoms with Crippen molar-refractivity contribution in [1.82, 2.24) is 5.32 Å². The van der Waals surface area contributed by atoms with E-state index in [1.54, 1.807) is 0 Å². The second-order valence-electron chi connectivity index (χ2n) is 4.59. The zero-order valence-corrected chi connectivity index (χ0v) is 9.54. The van der Waals surface area contributed by atoms with Gasteiger partial charge in [-0.1, -0.05) is 13.3 Å². The summed E-state index contributed by atoms with van der Waals surface area (Å²) < 4.78 is -0.408. The minimum absolute atomic E-state index is 0.408. The highest BCUT2D eigenvalue weighted by Gasteiger charge is 2.51. The molecular weight excluding hydrogens is 205 g/mol. The van der Waals surface area contributed by atoms with Gasteiger partial charge in [0.05, 0.1) is 0 Å². The molecule has 0 aliphatic heterocycles. The molecule has 2 aliphatic rings. The first-order chi connectivity index (χ1) is 6.09. The second kappa shape index (κ2) is 3.60. The Labute approximate surface area is 90.2 Å².